The third-order valence-electron chi connectivity index (χ3n) is 2.40. The average Bonchev–Trinajstić information content (AvgIpc) is 2.40. The van der Waals surface area contributed by atoms with Crippen LogP contribution in [-0.2, 0) is 33.4 Å². The molecule has 1 atom stereocenters. The summed E-state index contributed by atoms with van der Waals surface area (Å²) in [6, 6.07) is -1.16. The Kier molecular flexibility index (Phi) is 8.14. The van der Waals surface area contributed by atoms with Crippen LogP contribution in [0.5, 0.6) is 0 Å². The van der Waals surface area contributed by atoms with Crippen molar-refractivity contribution in [3.05, 3.63) is 0 Å². The quantitative estimate of drug-likeness (QED) is 0.532. The number of nitrogens with one attached hydrogen (secondary N) is 1. The Balaban J connectivity index is 4.59. The standard InChI is InChI=1S/C14H23NO7/c1-14(2,3)22-12(18)8-9(13(19)21-5)15-10(16)6-7-11(17)20-4/h9H,6-8H2,1-5H3,(H,15,16)/t9-/m0/s1. The minimum atomic E-state index is -1.16. The van der Waals surface area contributed by atoms with Crippen LogP contribution in [0.3, 0.4) is 0 Å². The van der Waals surface area contributed by atoms with Crippen molar-refractivity contribution in [2.45, 2.75) is 51.7 Å². The number of hydrogen-bond donors (Lipinski definition) is 1. The summed E-state index contributed by atoms with van der Waals surface area (Å²) >= 11 is 0. The summed E-state index contributed by atoms with van der Waals surface area (Å²) < 4.78 is 14.0. The lowest BCUT2D eigenvalue weighted by molar-refractivity contribution is -0.159. The molecule has 0 aromatic heterocycles. The van der Waals surface area contributed by atoms with Gasteiger partial charge in [-0.1, -0.05) is 0 Å². The van der Waals surface area contributed by atoms with Gasteiger partial charge in [0.2, 0.25) is 5.91 Å². The van der Waals surface area contributed by atoms with E-state index in [4.69, 9.17) is 4.74 Å². The van der Waals surface area contributed by atoms with E-state index in [0.717, 1.165) is 7.11 Å². The Morgan fingerprint density at radius 3 is 2.00 bits per heavy atom. The molecule has 0 aromatic rings. The molecule has 126 valence electrons. The maximum absolute atomic E-state index is 11.7. The van der Waals surface area contributed by atoms with E-state index in [9.17, 15) is 19.2 Å². The van der Waals surface area contributed by atoms with E-state index in [1.165, 1.54) is 7.11 Å². The number of carbonyl (C=O) groups is 4. The molecule has 0 fully saturated rings. The van der Waals surface area contributed by atoms with Gasteiger partial charge in [-0.25, -0.2) is 4.79 Å². The van der Waals surface area contributed by atoms with Crippen molar-refractivity contribution in [2.75, 3.05) is 14.2 Å². The molecule has 0 saturated carbocycles. The molecule has 0 bridgehead atoms. The van der Waals surface area contributed by atoms with Gasteiger partial charge in [0.1, 0.15) is 11.6 Å². The highest BCUT2D eigenvalue weighted by Gasteiger charge is 2.27. The number of methoxy groups -OCH3 is 2. The molecule has 0 heterocycles. The van der Waals surface area contributed by atoms with Gasteiger partial charge in [-0.3, -0.25) is 14.4 Å². The van der Waals surface area contributed by atoms with Gasteiger partial charge in [0.05, 0.1) is 27.1 Å². The molecule has 0 aliphatic rings. The van der Waals surface area contributed by atoms with Gasteiger partial charge in [-0.05, 0) is 20.8 Å². The first-order chi connectivity index (χ1) is 10.1. The Morgan fingerprint density at radius 1 is 0.955 bits per heavy atom. The van der Waals surface area contributed by atoms with Gasteiger partial charge in [-0.2, -0.15) is 0 Å². The van der Waals surface area contributed by atoms with Crippen molar-refractivity contribution in [2.24, 2.45) is 0 Å². The van der Waals surface area contributed by atoms with Gasteiger partial charge >= 0.3 is 17.9 Å². The highest BCUT2D eigenvalue weighted by molar-refractivity contribution is 5.89. The first-order valence-corrected chi connectivity index (χ1v) is 6.75. The maximum atomic E-state index is 11.7. The van der Waals surface area contributed by atoms with Crippen molar-refractivity contribution in [3.63, 3.8) is 0 Å². The predicted octanol–water partition coefficient (Wildman–Crippen LogP) is 0.329. The Bertz CT molecular complexity index is 425. The largest absolute Gasteiger partial charge is 0.469 e. The number of ether oxygens (including phenoxy) is 3. The predicted molar refractivity (Wildman–Crippen MR) is 75.7 cm³/mol. The molecule has 0 saturated heterocycles. The fraction of sp³-hybridized carbons (Fsp3) is 0.714. The smallest absolute Gasteiger partial charge is 0.328 e. The summed E-state index contributed by atoms with van der Waals surface area (Å²) in [5.41, 5.74) is -0.702. The molecule has 0 aromatic carbocycles. The number of carbonyl (C=O) groups excluding carboxylic acids is 4. The lowest BCUT2D eigenvalue weighted by atomic mass is 10.1. The minimum Gasteiger partial charge on any atom is -0.469 e. The summed E-state index contributed by atoms with van der Waals surface area (Å²) in [6.45, 7) is 5.06. The van der Waals surface area contributed by atoms with Gasteiger partial charge in [0.25, 0.3) is 0 Å². The molecule has 0 aliphatic heterocycles. The number of esters is 3. The fourth-order valence-electron chi connectivity index (χ4n) is 1.47. The van der Waals surface area contributed by atoms with Crippen molar-refractivity contribution in [1.29, 1.82) is 0 Å². The van der Waals surface area contributed by atoms with Crippen molar-refractivity contribution < 1.29 is 33.4 Å². The first-order valence-electron chi connectivity index (χ1n) is 6.75. The third-order valence-corrected chi connectivity index (χ3v) is 2.40. The van der Waals surface area contributed by atoms with E-state index in [1.54, 1.807) is 20.8 Å². The van der Waals surface area contributed by atoms with E-state index in [-0.39, 0.29) is 19.3 Å². The Morgan fingerprint density at radius 2 is 1.55 bits per heavy atom. The monoisotopic (exact) mass is 317 g/mol. The van der Waals surface area contributed by atoms with E-state index < -0.39 is 35.5 Å². The molecule has 1 amide bonds. The van der Waals surface area contributed by atoms with Crippen molar-refractivity contribution >= 4 is 23.8 Å². The fourth-order valence-corrected chi connectivity index (χ4v) is 1.47. The third kappa shape index (κ3) is 8.93. The van der Waals surface area contributed by atoms with Crippen LogP contribution in [0.15, 0.2) is 0 Å². The highest BCUT2D eigenvalue weighted by Crippen LogP contribution is 2.10. The maximum Gasteiger partial charge on any atom is 0.328 e. The molecular formula is C14H23NO7. The molecule has 8 heteroatoms. The summed E-state index contributed by atoms with van der Waals surface area (Å²) in [5.74, 6) is -2.52. The van der Waals surface area contributed by atoms with Crippen LogP contribution in [0.1, 0.15) is 40.0 Å². The zero-order chi connectivity index (χ0) is 17.3. The molecule has 0 spiro atoms. The summed E-state index contributed by atoms with van der Waals surface area (Å²) in [7, 11) is 2.35. The second-order valence-electron chi connectivity index (χ2n) is 5.51. The van der Waals surface area contributed by atoms with E-state index >= 15 is 0 Å². The SMILES string of the molecule is COC(=O)CCC(=O)N[C@@H](CC(=O)OC(C)(C)C)C(=O)OC. The second-order valence-corrected chi connectivity index (χ2v) is 5.51. The second kappa shape index (κ2) is 9.01. The van der Waals surface area contributed by atoms with Crippen molar-refractivity contribution in [3.8, 4) is 0 Å². The normalized spacial score (nSPS) is 12.0. The molecule has 0 unspecified atom stereocenters. The zero-order valence-electron chi connectivity index (χ0n) is 13.6. The number of amides is 1. The number of hydrogen-bond acceptors (Lipinski definition) is 7. The van der Waals surface area contributed by atoms with Crippen LogP contribution in [-0.4, -0.2) is 49.7 Å². The zero-order valence-corrected chi connectivity index (χ0v) is 13.6. The molecule has 22 heavy (non-hydrogen) atoms. The van der Waals surface area contributed by atoms with Crippen molar-refractivity contribution in [1.82, 2.24) is 5.32 Å². The number of rotatable bonds is 7. The average molecular weight is 317 g/mol. The topological polar surface area (TPSA) is 108 Å². The lowest BCUT2D eigenvalue weighted by Crippen LogP contribution is -2.44. The van der Waals surface area contributed by atoms with Crippen LogP contribution in [0.4, 0.5) is 0 Å². The van der Waals surface area contributed by atoms with E-state index in [1.807, 2.05) is 0 Å². The highest BCUT2D eigenvalue weighted by atomic mass is 16.6. The molecule has 0 radical (unpaired) electrons. The van der Waals surface area contributed by atoms with Gasteiger partial charge < -0.3 is 19.5 Å². The van der Waals surface area contributed by atoms with E-state index in [0.29, 0.717) is 0 Å². The van der Waals surface area contributed by atoms with Gasteiger partial charge in [0.15, 0.2) is 0 Å². The van der Waals surface area contributed by atoms with Gasteiger partial charge in [-0.15, -0.1) is 0 Å². The van der Waals surface area contributed by atoms with Crippen LogP contribution in [0.25, 0.3) is 0 Å². The van der Waals surface area contributed by atoms with Crippen LogP contribution in [0, 0.1) is 0 Å². The van der Waals surface area contributed by atoms with Crippen LogP contribution >= 0.6 is 0 Å². The molecule has 0 aliphatic carbocycles. The summed E-state index contributed by atoms with van der Waals surface area (Å²) in [6.07, 6.45) is -0.634. The molecule has 1 N–H and O–H groups in total. The first kappa shape index (κ1) is 19.9. The van der Waals surface area contributed by atoms with Crippen LogP contribution < -0.4 is 5.32 Å². The Labute approximate surface area is 129 Å². The molecule has 8 nitrogen and oxygen atoms in total. The summed E-state index contributed by atoms with van der Waals surface area (Å²) in [4.78, 5) is 46.0. The minimum absolute atomic E-state index is 0.122. The van der Waals surface area contributed by atoms with Gasteiger partial charge in [0, 0.05) is 6.42 Å². The summed E-state index contributed by atoms with van der Waals surface area (Å²) in [5, 5.41) is 2.34. The molecular weight excluding hydrogens is 294 g/mol. The van der Waals surface area contributed by atoms with E-state index in [2.05, 4.69) is 14.8 Å². The van der Waals surface area contributed by atoms with Crippen LogP contribution in [0.2, 0.25) is 0 Å². The Hall–Kier alpha value is -2.12. The lowest BCUT2D eigenvalue weighted by Gasteiger charge is -2.22. The molecule has 0 rings (SSSR count).